The van der Waals surface area contributed by atoms with Crippen LogP contribution in [0.15, 0.2) is 108 Å². The van der Waals surface area contributed by atoms with E-state index in [0.29, 0.717) is 11.6 Å². The third-order valence-electron chi connectivity index (χ3n) is 10.2. The van der Waals surface area contributed by atoms with Gasteiger partial charge in [0.05, 0.1) is 19.4 Å². The molecule has 4 nitrogen and oxygen atoms in total. The predicted molar refractivity (Wildman–Crippen MR) is 219 cm³/mol. The van der Waals surface area contributed by atoms with Gasteiger partial charge in [-0.05, 0) is 59.5 Å². The topological polar surface area (TPSA) is 51.8 Å². The van der Waals surface area contributed by atoms with Gasteiger partial charge in [0.25, 0.3) is 0 Å². The summed E-state index contributed by atoms with van der Waals surface area (Å²) in [6.07, 6.45) is 11.9. The van der Waals surface area contributed by atoms with Crippen molar-refractivity contribution in [2.75, 3.05) is 0 Å². The number of pyridine rings is 3. The van der Waals surface area contributed by atoms with Crippen LogP contribution in [0.5, 0.6) is 0 Å². The van der Waals surface area contributed by atoms with Crippen molar-refractivity contribution in [2.24, 2.45) is 11.8 Å². The normalized spacial score (nSPS) is 13.3. The molecule has 0 amide bonds. The van der Waals surface area contributed by atoms with Crippen LogP contribution < -0.4 is 5.19 Å². The maximum Gasteiger partial charge on any atom is 0.216 e. The van der Waals surface area contributed by atoms with Gasteiger partial charge in [0.15, 0.2) is 0 Å². The Hall–Kier alpha value is -4.22. The summed E-state index contributed by atoms with van der Waals surface area (Å²) in [6.45, 7) is 13.8. The van der Waals surface area contributed by atoms with Crippen LogP contribution in [0, 0.1) is 30.9 Å². The van der Waals surface area contributed by atoms with Crippen molar-refractivity contribution in [1.82, 2.24) is 15.0 Å². The summed E-state index contributed by atoms with van der Waals surface area (Å²) in [5, 5.41) is 3.65. The van der Waals surface area contributed by atoms with E-state index in [0.717, 1.165) is 68.0 Å². The van der Waals surface area contributed by atoms with Crippen molar-refractivity contribution in [3.63, 3.8) is 0 Å². The van der Waals surface area contributed by atoms with Gasteiger partial charge in [-0.2, -0.15) is 0 Å². The molecule has 0 aliphatic heterocycles. The quantitative estimate of drug-likeness (QED) is 0.113. The van der Waals surface area contributed by atoms with E-state index in [1.54, 1.807) is 10.8 Å². The Morgan fingerprint density at radius 2 is 1.62 bits per heavy atom. The molecule has 0 bridgehead atoms. The number of nitrogens with zero attached hydrogens (tertiary/aromatic N) is 3. The number of hydrogen-bond donors (Lipinski definition) is 0. The number of benzene rings is 3. The minimum atomic E-state index is -1.35. The maximum absolute atomic E-state index is 6.32. The van der Waals surface area contributed by atoms with Gasteiger partial charge < -0.3 is 14.4 Å². The Kier molecular flexibility index (Phi) is 12.2. The van der Waals surface area contributed by atoms with Crippen molar-refractivity contribution in [2.45, 2.75) is 78.9 Å². The van der Waals surface area contributed by atoms with Crippen molar-refractivity contribution in [3.05, 3.63) is 132 Å². The van der Waals surface area contributed by atoms with E-state index in [4.69, 9.17) is 14.4 Å². The molecule has 4 aromatic heterocycles. The SMILES string of the molecule is C[Si](C)(C)c1cnc(-c2[c-]cccc2)cc1CC1CCCC1.Cc1c[c-]c(-c2cc(CC(C)C)ccn2)c2oc3nc(-c4ccccc4)ccc3c12.[Ir]. The third-order valence-corrected chi connectivity index (χ3v) is 12.2. The van der Waals surface area contributed by atoms with Gasteiger partial charge >= 0.3 is 0 Å². The first-order chi connectivity index (χ1) is 25.1. The van der Waals surface area contributed by atoms with E-state index in [1.807, 2.05) is 42.6 Å². The van der Waals surface area contributed by atoms with E-state index in [-0.39, 0.29) is 20.1 Å². The van der Waals surface area contributed by atoms with Crippen LogP contribution in [-0.4, -0.2) is 23.0 Å². The standard InChI is InChI=1S/C27H23N2O.C20H26NSi.Ir/c1-17(2)15-19-13-14-28-24(16-19)21-10-9-18(3)25-22-11-12-23(20-7-5-4-6-8-20)29-27(22)30-26(21)25;1-22(2,3)20-15-21-19(17-11-5-4-6-12-17)14-18(20)13-16-9-7-8-10-16;/h4-9,11-14,16-17H,15H2,1-3H3;4-6,11,14-16H,7-10,13H2,1-3H3;/q2*-1;. The smallest absolute Gasteiger partial charge is 0.216 e. The Balaban J connectivity index is 0.000000187. The second kappa shape index (κ2) is 16.8. The Morgan fingerprint density at radius 1 is 0.849 bits per heavy atom. The molecule has 1 fully saturated rings. The van der Waals surface area contributed by atoms with E-state index in [1.165, 1.54) is 37.7 Å². The fraction of sp³-hybridized carbons (Fsp3) is 0.298. The summed E-state index contributed by atoms with van der Waals surface area (Å²) in [5.41, 5.74) is 11.3. The number of hydrogen-bond acceptors (Lipinski definition) is 4. The zero-order chi connectivity index (χ0) is 36.2. The molecule has 53 heavy (non-hydrogen) atoms. The molecule has 0 atom stereocenters. The molecule has 3 aromatic carbocycles. The van der Waals surface area contributed by atoms with Gasteiger partial charge in [0.2, 0.25) is 5.71 Å². The first-order valence-electron chi connectivity index (χ1n) is 18.9. The monoisotopic (exact) mass is 892 g/mol. The van der Waals surface area contributed by atoms with Gasteiger partial charge in [-0.15, -0.1) is 53.6 Å². The van der Waals surface area contributed by atoms with Crippen molar-refractivity contribution < 1.29 is 24.5 Å². The molecule has 0 spiro atoms. The van der Waals surface area contributed by atoms with Crippen LogP contribution >= 0.6 is 0 Å². The second-order valence-electron chi connectivity index (χ2n) is 15.8. The van der Waals surface area contributed by atoms with E-state index < -0.39 is 8.07 Å². The largest absolute Gasteiger partial charge is 0.486 e. The van der Waals surface area contributed by atoms with Gasteiger partial charge in [-0.3, -0.25) is 0 Å². The van der Waals surface area contributed by atoms with Crippen molar-refractivity contribution in [3.8, 4) is 33.8 Å². The Bertz CT molecular complexity index is 2290. The fourth-order valence-corrected chi connectivity index (χ4v) is 9.19. The van der Waals surface area contributed by atoms with Crippen molar-refractivity contribution in [1.29, 1.82) is 0 Å². The van der Waals surface area contributed by atoms with Crippen LogP contribution in [-0.2, 0) is 32.9 Å². The Labute approximate surface area is 329 Å². The van der Waals surface area contributed by atoms with Crippen LogP contribution in [0.25, 0.3) is 55.8 Å². The summed E-state index contributed by atoms with van der Waals surface area (Å²) < 4.78 is 6.32. The van der Waals surface area contributed by atoms with Crippen LogP contribution in [0.3, 0.4) is 0 Å². The molecule has 0 unspecified atom stereocenters. The maximum atomic E-state index is 6.32. The summed E-state index contributed by atoms with van der Waals surface area (Å²) in [4.78, 5) is 14.2. The molecule has 273 valence electrons. The van der Waals surface area contributed by atoms with Gasteiger partial charge in [0.1, 0.15) is 0 Å². The van der Waals surface area contributed by atoms with Gasteiger partial charge in [-0.1, -0.05) is 131 Å². The average molecular weight is 892 g/mol. The molecule has 1 aliphatic rings. The van der Waals surface area contributed by atoms with Crippen LogP contribution in [0.2, 0.25) is 19.6 Å². The molecule has 4 heterocycles. The summed E-state index contributed by atoms with van der Waals surface area (Å²) in [5.74, 6) is 1.47. The molecule has 6 heteroatoms. The predicted octanol–water partition coefficient (Wildman–Crippen LogP) is 11.8. The number of furan rings is 1. The summed E-state index contributed by atoms with van der Waals surface area (Å²) in [7, 11) is -1.35. The first kappa shape index (κ1) is 38.5. The number of aromatic nitrogens is 3. The fourth-order valence-electron chi connectivity index (χ4n) is 7.60. The molecular formula is C47H49IrN3OSi-2. The van der Waals surface area contributed by atoms with E-state index >= 15 is 0 Å². The number of fused-ring (bicyclic) bond motifs is 3. The number of aryl methyl sites for hydroxylation is 1. The molecular weight excluding hydrogens is 843 g/mol. The molecule has 1 radical (unpaired) electrons. The molecule has 1 saturated carbocycles. The molecule has 0 saturated heterocycles. The first-order valence-corrected chi connectivity index (χ1v) is 22.4. The van der Waals surface area contributed by atoms with Gasteiger partial charge in [0, 0.05) is 43.4 Å². The molecule has 1 aliphatic carbocycles. The van der Waals surface area contributed by atoms with Crippen molar-refractivity contribution >= 4 is 35.3 Å². The van der Waals surface area contributed by atoms with E-state index in [9.17, 15) is 0 Å². The van der Waals surface area contributed by atoms with Crippen LogP contribution in [0.1, 0.15) is 56.2 Å². The molecule has 8 rings (SSSR count). The zero-order valence-corrected chi connectivity index (χ0v) is 35.2. The van der Waals surface area contributed by atoms with Gasteiger partial charge in [-0.25, -0.2) is 4.98 Å². The third kappa shape index (κ3) is 8.95. The van der Waals surface area contributed by atoms with Crippen LogP contribution in [0.4, 0.5) is 0 Å². The minimum absolute atomic E-state index is 0. The zero-order valence-electron chi connectivity index (χ0n) is 31.8. The summed E-state index contributed by atoms with van der Waals surface area (Å²) >= 11 is 0. The summed E-state index contributed by atoms with van der Waals surface area (Å²) in [6, 6.07) is 37.8. The molecule has 7 aromatic rings. The average Bonchev–Trinajstić information content (AvgIpc) is 3.80. The number of rotatable bonds is 8. The molecule has 0 N–H and O–H groups in total. The Morgan fingerprint density at radius 3 is 2.34 bits per heavy atom. The minimum Gasteiger partial charge on any atom is -0.486 e. The van der Waals surface area contributed by atoms with E-state index in [2.05, 4.69) is 118 Å². The second-order valence-corrected chi connectivity index (χ2v) is 20.9.